The van der Waals surface area contributed by atoms with E-state index in [-0.39, 0.29) is 17.4 Å². The Morgan fingerprint density at radius 3 is 2.43 bits per heavy atom. The number of carbonyl (C=O) groups excluding carboxylic acids is 1. The van der Waals surface area contributed by atoms with Gasteiger partial charge in [-0.05, 0) is 55.9 Å². The van der Waals surface area contributed by atoms with Crippen LogP contribution in [0, 0.1) is 5.41 Å². The van der Waals surface area contributed by atoms with Crippen molar-refractivity contribution in [1.82, 2.24) is 14.9 Å². The third-order valence-electron chi connectivity index (χ3n) is 5.91. The molecule has 4 rings (SSSR count). The van der Waals surface area contributed by atoms with Gasteiger partial charge in [-0.2, -0.15) is 0 Å². The molecular weight excluding hydrogens is 442 g/mol. The molecule has 0 spiro atoms. The highest BCUT2D eigenvalue weighted by atomic mass is 16.5. The molecule has 1 amide bonds. The Kier molecular flexibility index (Phi) is 6.79. The number of hydrogen-bond acceptors (Lipinski definition) is 5. The summed E-state index contributed by atoms with van der Waals surface area (Å²) in [6.07, 6.45) is 1.44. The SMILES string of the molecule is COc1cc2c(cc1OC(C)C)-n1c(-c3ccccc3OC)nc(C(=O)NCC(C)(C)C)c1CC2. The Morgan fingerprint density at radius 1 is 1.06 bits per heavy atom. The number of rotatable bonds is 7. The zero-order valence-electron chi connectivity index (χ0n) is 21.7. The van der Waals surface area contributed by atoms with Crippen molar-refractivity contribution in [2.75, 3.05) is 20.8 Å². The Morgan fingerprint density at radius 2 is 1.77 bits per heavy atom. The first-order valence-electron chi connectivity index (χ1n) is 12.0. The summed E-state index contributed by atoms with van der Waals surface area (Å²) in [5.41, 5.74) is 4.16. The molecule has 0 radical (unpaired) electrons. The molecule has 0 aliphatic carbocycles. The van der Waals surface area contributed by atoms with E-state index >= 15 is 0 Å². The van der Waals surface area contributed by atoms with Gasteiger partial charge in [0.1, 0.15) is 17.3 Å². The van der Waals surface area contributed by atoms with Crippen molar-refractivity contribution in [3.8, 4) is 34.3 Å². The number of para-hydroxylation sites is 1. The van der Waals surface area contributed by atoms with Crippen LogP contribution in [0.15, 0.2) is 36.4 Å². The lowest BCUT2D eigenvalue weighted by Crippen LogP contribution is -2.33. The van der Waals surface area contributed by atoms with Crippen molar-refractivity contribution in [3.05, 3.63) is 53.3 Å². The van der Waals surface area contributed by atoms with Crippen LogP contribution in [-0.4, -0.2) is 42.3 Å². The highest BCUT2D eigenvalue weighted by Crippen LogP contribution is 2.41. The van der Waals surface area contributed by atoms with Crippen LogP contribution < -0.4 is 19.5 Å². The summed E-state index contributed by atoms with van der Waals surface area (Å²) in [6, 6.07) is 11.8. The van der Waals surface area contributed by atoms with Crippen molar-refractivity contribution < 1.29 is 19.0 Å². The summed E-state index contributed by atoms with van der Waals surface area (Å²) in [6.45, 7) is 10.8. The van der Waals surface area contributed by atoms with E-state index in [1.54, 1.807) is 14.2 Å². The molecule has 2 aromatic carbocycles. The molecular formula is C28H35N3O4. The van der Waals surface area contributed by atoms with Gasteiger partial charge < -0.3 is 19.5 Å². The van der Waals surface area contributed by atoms with Crippen molar-refractivity contribution in [1.29, 1.82) is 0 Å². The monoisotopic (exact) mass is 477 g/mol. The summed E-state index contributed by atoms with van der Waals surface area (Å²) in [5, 5.41) is 3.07. The van der Waals surface area contributed by atoms with Crippen LogP contribution in [0.25, 0.3) is 17.1 Å². The van der Waals surface area contributed by atoms with Crippen molar-refractivity contribution in [2.45, 2.75) is 53.6 Å². The molecule has 0 fully saturated rings. The minimum absolute atomic E-state index is 0.0137. The summed E-state index contributed by atoms with van der Waals surface area (Å²) < 4.78 is 19.4. The molecule has 3 aromatic rings. The second-order valence-electron chi connectivity index (χ2n) is 10.3. The van der Waals surface area contributed by atoms with E-state index < -0.39 is 0 Å². The van der Waals surface area contributed by atoms with Gasteiger partial charge in [-0.25, -0.2) is 4.98 Å². The van der Waals surface area contributed by atoms with E-state index in [1.165, 1.54) is 0 Å². The molecule has 1 aliphatic rings. The molecule has 0 bridgehead atoms. The average molecular weight is 478 g/mol. The predicted octanol–water partition coefficient (Wildman–Crippen LogP) is 5.22. The van der Waals surface area contributed by atoms with Gasteiger partial charge >= 0.3 is 0 Å². The molecule has 7 heteroatoms. The van der Waals surface area contributed by atoms with Crippen LogP contribution >= 0.6 is 0 Å². The maximum atomic E-state index is 13.3. The number of amides is 1. The lowest BCUT2D eigenvalue weighted by Gasteiger charge is -2.24. The van der Waals surface area contributed by atoms with Gasteiger partial charge in [0.15, 0.2) is 11.5 Å². The largest absolute Gasteiger partial charge is 0.496 e. The predicted molar refractivity (Wildman–Crippen MR) is 137 cm³/mol. The Hall–Kier alpha value is -3.48. The molecule has 35 heavy (non-hydrogen) atoms. The minimum Gasteiger partial charge on any atom is -0.496 e. The highest BCUT2D eigenvalue weighted by molar-refractivity contribution is 5.95. The molecule has 0 saturated heterocycles. The smallest absolute Gasteiger partial charge is 0.271 e. The van der Waals surface area contributed by atoms with E-state index in [4.69, 9.17) is 19.2 Å². The maximum absolute atomic E-state index is 13.3. The van der Waals surface area contributed by atoms with Crippen LogP contribution in [-0.2, 0) is 12.8 Å². The number of carbonyl (C=O) groups is 1. The molecule has 0 atom stereocenters. The van der Waals surface area contributed by atoms with E-state index in [0.29, 0.717) is 41.7 Å². The number of benzene rings is 2. The number of ether oxygens (including phenoxy) is 3. The van der Waals surface area contributed by atoms with Gasteiger partial charge in [0.2, 0.25) is 0 Å². The first-order valence-corrected chi connectivity index (χ1v) is 12.0. The quantitative estimate of drug-likeness (QED) is 0.505. The molecule has 1 N–H and O–H groups in total. The lowest BCUT2D eigenvalue weighted by atomic mass is 9.96. The minimum atomic E-state index is -0.166. The Bertz CT molecular complexity index is 1240. The van der Waals surface area contributed by atoms with E-state index in [2.05, 4.69) is 30.7 Å². The number of hydrogen-bond donors (Lipinski definition) is 1. The van der Waals surface area contributed by atoms with Crippen LogP contribution in [0.2, 0.25) is 0 Å². The molecule has 186 valence electrons. The van der Waals surface area contributed by atoms with E-state index in [9.17, 15) is 4.79 Å². The number of aromatic nitrogens is 2. The fraction of sp³-hybridized carbons (Fsp3) is 0.429. The van der Waals surface area contributed by atoms with Gasteiger partial charge in [-0.15, -0.1) is 0 Å². The van der Waals surface area contributed by atoms with Crippen molar-refractivity contribution >= 4 is 5.91 Å². The average Bonchev–Trinajstić information content (AvgIpc) is 3.21. The Labute approximate surface area is 207 Å². The standard InChI is InChI=1S/C28H35N3O4/c1-17(2)35-24-15-21-18(14-23(24)34-7)12-13-20-25(27(32)29-16-28(3,4)5)30-26(31(20)21)19-10-8-9-11-22(19)33-6/h8-11,14-15,17H,12-13,16H2,1-7H3,(H,29,32). The topological polar surface area (TPSA) is 74.6 Å². The summed E-state index contributed by atoms with van der Waals surface area (Å²) in [4.78, 5) is 18.2. The highest BCUT2D eigenvalue weighted by Gasteiger charge is 2.30. The molecule has 2 heterocycles. The van der Waals surface area contributed by atoms with Crippen molar-refractivity contribution in [2.24, 2.45) is 5.41 Å². The maximum Gasteiger partial charge on any atom is 0.271 e. The van der Waals surface area contributed by atoms with Gasteiger partial charge in [0.05, 0.1) is 37.3 Å². The molecule has 7 nitrogen and oxygen atoms in total. The first kappa shape index (κ1) is 24.6. The van der Waals surface area contributed by atoms with Gasteiger partial charge in [-0.3, -0.25) is 9.36 Å². The van der Waals surface area contributed by atoms with E-state index in [0.717, 1.165) is 28.9 Å². The number of methoxy groups -OCH3 is 2. The summed E-state index contributed by atoms with van der Waals surface area (Å²) in [5.74, 6) is 2.55. The number of nitrogens with one attached hydrogen (secondary N) is 1. The second-order valence-corrected chi connectivity index (χ2v) is 10.3. The number of fused-ring (bicyclic) bond motifs is 3. The van der Waals surface area contributed by atoms with Gasteiger partial charge in [0.25, 0.3) is 5.91 Å². The second kappa shape index (κ2) is 9.64. The van der Waals surface area contributed by atoms with Gasteiger partial charge in [-0.1, -0.05) is 32.9 Å². The first-order chi connectivity index (χ1) is 16.6. The number of nitrogens with zero attached hydrogens (tertiary/aromatic N) is 2. The molecule has 1 aromatic heterocycles. The third-order valence-corrected chi connectivity index (χ3v) is 5.91. The fourth-order valence-corrected chi connectivity index (χ4v) is 4.32. The van der Waals surface area contributed by atoms with Crippen molar-refractivity contribution in [3.63, 3.8) is 0 Å². The lowest BCUT2D eigenvalue weighted by molar-refractivity contribution is 0.0933. The number of aryl methyl sites for hydroxylation is 1. The van der Waals surface area contributed by atoms with Crippen LogP contribution in [0.5, 0.6) is 17.2 Å². The normalized spacial score (nSPS) is 12.7. The zero-order valence-corrected chi connectivity index (χ0v) is 21.7. The summed E-state index contributed by atoms with van der Waals surface area (Å²) >= 11 is 0. The zero-order chi connectivity index (χ0) is 25.3. The molecule has 1 aliphatic heterocycles. The number of imidazole rings is 1. The summed E-state index contributed by atoms with van der Waals surface area (Å²) in [7, 11) is 3.29. The molecule has 0 unspecified atom stereocenters. The fourth-order valence-electron chi connectivity index (χ4n) is 4.32. The Balaban J connectivity index is 1.93. The molecule has 0 saturated carbocycles. The van der Waals surface area contributed by atoms with Crippen LogP contribution in [0.1, 0.15) is 56.4 Å². The van der Waals surface area contributed by atoms with Gasteiger partial charge in [0, 0.05) is 12.6 Å². The van der Waals surface area contributed by atoms with Crippen LogP contribution in [0.4, 0.5) is 0 Å². The van der Waals surface area contributed by atoms with Crippen LogP contribution in [0.3, 0.4) is 0 Å². The van der Waals surface area contributed by atoms with E-state index in [1.807, 2.05) is 50.2 Å². The third kappa shape index (κ3) is 4.99.